The molecule has 0 saturated heterocycles. The molecule has 0 aliphatic carbocycles. The average Bonchev–Trinajstić information content (AvgIpc) is 2.40. The Morgan fingerprint density at radius 1 is 1.25 bits per heavy atom. The summed E-state index contributed by atoms with van der Waals surface area (Å²) in [6, 6.07) is 6.41. The number of hydrogen-bond donors (Lipinski definition) is 1. The highest BCUT2D eigenvalue weighted by atomic mass is 19.1. The van der Waals surface area contributed by atoms with Crippen LogP contribution < -0.4 is 15.4 Å². The van der Waals surface area contributed by atoms with Crippen molar-refractivity contribution in [2.24, 2.45) is 0 Å². The number of nitrogens with two attached hydrogens (primary N) is 1. The first kappa shape index (κ1) is 14.0. The standard InChI is InChI=1S/C14H17FN4O/c1-9(2)20-14-12(16)13(17-8-18-14)19(3)11-7-5-4-6-10(11)15/h4-9H,16H2,1-3H3. The summed E-state index contributed by atoms with van der Waals surface area (Å²) in [5.74, 6) is 0.355. The quantitative estimate of drug-likeness (QED) is 0.930. The predicted octanol–water partition coefficient (Wildman–Crippen LogP) is 2.75. The summed E-state index contributed by atoms with van der Waals surface area (Å²) in [5.41, 5.74) is 6.67. The summed E-state index contributed by atoms with van der Waals surface area (Å²) in [5, 5.41) is 0. The predicted molar refractivity (Wildman–Crippen MR) is 76.7 cm³/mol. The van der Waals surface area contributed by atoms with E-state index in [-0.39, 0.29) is 17.6 Å². The number of para-hydroxylation sites is 1. The molecule has 0 bridgehead atoms. The molecule has 0 unspecified atom stereocenters. The molecule has 2 rings (SSSR count). The molecule has 5 nitrogen and oxygen atoms in total. The lowest BCUT2D eigenvalue weighted by atomic mass is 10.2. The molecule has 2 N–H and O–H groups in total. The van der Waals surface area contributed by atoms with Crippen LogP contribution in [0.1, 0.15) is 13.8 Å². The molecule has 0 atom stereocenters. The number of rotatable bonds is 4. The van der Waals surface area contributed by atoms with Crippen LogP contribution >= 0.6 is 0 Å². The first-order valence-corrected chi connectivity index (χ1v) is 6.26. The highest BCUT2D eigenvalue weighted by Crippen LogP contribution is 2.32. The third-order valence-corrected chi connectivity index (χ3v) is 2.71. The lowest BCUT2D eigenvalue weighted by Gasteiger charge is -2.21. The number of aromatic nitrogens is 2. The third-order valence-electron chi connectivity index (χ3n) is 2.71. The van der Waals surface area contributed by atoms with E-state index in [1.165, 1.54) is 12.4 Å². The van der Waals surface area contributed by atoms with Crippen molar-refractivity contribution in [3.63, 3.8) is 0 Å². The second kappa shape index (κ2) is 5.73. The fourth-order valence-corrected chi connectivity index (χ4v) is 1.79. The van der Waals surface area contributed by atoms with Crippen molar-refractivity contribution < 1.29 is 9.13 Å². The maximum atomic E-state index is 13.8. The Hall–Kier alpha value is -2.37. The number of halogens is 1. The molecule has 6 heteroatoms. The Morgan fingerprint density at radius 2 is 1.95 bits per heavy atom. The summed E-state index contributed by atoms with van der Waals surface area (Å²) in [6.07, 6.45) is 1.29. The highest BCUT2D eigenvalue weighted by molar-refractivity contribution is 5.73. The fraction of sp³-hybridized carbons (Fsp3) is 0.286. The molecule has 0 aliphatic heterocycles. The Morgan fingerprint density at radius 3 is 2.60 bits per heavy atom. The summed E-state index contributed by atoms with van der Waals surface area (Å²) in [4.78, 5) is 9.67. The molecule has 0 saturated carbocycles. The molecule has 1 heterocycles. The number of benzene rings is 1. The van der Waals surface area contributed by atoms with Crippen molar-refractivity contribution in [1.29, 1.82) is 0 Å². The molecule has 0 fully saturated rings. The Bertz CT molecular complexity index is 603. The number of nitrogen functional groups attached to an aromatic ring is 1. The molecule has 0 aliphatic rings. The van der Waals surface area contributed by atoms with Crippen molar-refractivity contribution in [3.8, 4) is 5.88 Å². The van der Waals surface area contributed by atoms with Gasteiger partial charge in [0, 0.05) is 7.05 Å². The largest absolute Gasteiger partial charge is 0.473 e. The molecule has 0 amide bonds. The van der Waals surface area contributed by atoms with Gasteiger partial charge in [-0.15, -0.1) is 0 Å². The van der Waals surface area contributed by atoms with E-state index >= 15 is 0 Å². The van der Waals surface area contributed by atoms with Gasteiger partial charge in [0.15, 0.2) is 5.82 Å². The molecule has 2 aromatic rings. The first-order chi connectivity index (χ1) is 9.50. The van der Waals surface area contributed by atoms with E-state index in [0.29, 0.717) is 17.4 Å². The second-order valence-corrected chi connectivity index (χ2v) is 4.59. The number of anilines is 3. The normalized spacial score (nSPS) is 10.7. The number of hydrogen-bond acceptors (Lipinski definition) is 5. The van der Waals surface area contributed by atoms with Gasteiger partial charge in [-0.3, -0.25) is 0 Å². The highest BCUT2D eigenvalue weighted by Gasteiger charge is 2.17. The van der Waals surface area contributed by atoms with Gasteiger partial charge in [-0.25, -0.2) is 9.37 Å². The van der Waals surface area contributed by atoms with Crippen LogP contribution in [0.15, 0.2) is 30.6 Å². The number of nitrogens with zero attached hydrogens (tertiary/aromatic N) is 3. The van der Waals surface area contributed by atoms with Crippen LogP contribution in [-0.2, 0) is 0 Å². The van der Waals surface area contributed by atoms with Gasteiger partial charge >= 0.3 is 0 Å². The Kier molecular flexibility index (Phi) is 4.02. The lowest BCUT2D eigenvalue weighted by molar-refractivity contribution is 0.234. The van der Waals surface area contributed by atoms with E-state index < -0.39 is 0 Å². The van der Waals surface area contributed by atoms with Crippen molar-refractivity contribution in [3.05, 3.63) is 36.4 Å². The summed E-state index contributed by atoms with van der Waals surface area (Å²) in [7, 11) is 1.69. The molecule has 0 radical (unpaired) electrons. The zero-order valence-corrected chi connectivity index (χ0v) is 11.7. The zero-order chi connectivity index (χ0) is 14.7. The Labute approximate surface area is 117 Å². The Balaban J connectivity index is 2.40. The molecule has 1 aromatic heterocycles. The van der Waals surface area contributed by atoms with Crippen molar-refractivity contribution >= 4 is 17.2 Å². The van der Waals surface area contributed by atoms with Crippen LogP contribution in [-0.4, -0.2) is 23.1 Å². The molecule has 106 valence electrons. The molecule has 20 heavy (non-hydrogen) atoms. The van der Waals surface area contributed by atoms with Gasteiger partial charge in [-0.1, -0.05) is 12.1 Å². The first-order valence-electron chi connectivity index (χ1n) is 6.26. The van der Waals surface area contributed by atoms with E-state index in [2.05, 4.69) is 9.97 Å². The lowest BCUT2D eigenvalue weighted by Crippen LogP contribution is -2.17. The van der Waals surface area contributed by atoms with Crippen LogP contribution in [0.25, 0.3) is 0 Å². The van der Waals surface area contributed by atoms with Crippen molar-refractivity contribution in [2.75, 3.05) is 17.7 Å². The van der Waals surface area contributed by atoms with E-state index in [0.717, 1.165) is 0 Å². The van der Waals surface area contributed by atoms with Gasteiger partial charge in [0.25, 0.3) is 0 Å². The van der Waals surface area contributed by atoms with E-state index in [1.807, 2.05) is 13.8 Å². The smallest absolute Gasteiger partial charge is 0.242 e. The van der Waals surface area contributed by atoms with Gasteiger partial charge in [0.2, 0.25) is 5.88 Å². The summed E-state index contributed by atoms with van der Waals surface area (Å²) < 4.78 is 19.3. The van der Waals surface area contributed by atoms with E-state index in [1.54, 1.807) is 30.1 Å². The fourth-order valence-electron chi connectivity index (χ4n) is 1.79. The average molecular weight is 276 g/mol. The SMILES string of the molecule is CC(C)Oc1ncnc(N(C)c2ccccc2F)c1N. The van der Waals surface area contributed by atoms with Crippen LogP contribution in [0, 0.1) is 5.82 Å². The number of ether oxygens (including phenoxy) is 1. The zero-order valence-electron chi connectivity index (χ0n) is 11.7. The minimum Gasteiger partial charge on any atom is -0.473 e. The summed E-state index contributed by atoms with van der Waals surface area (Å²) in [6.45, 7) is 3.75. The monoisotopic (exact) mass is 276 g/mol. The van der Waals surface area contributed by atoms with Gasteiger partial charge in [0.1, 0.15) is 17.8 Å². The van der Waals surface area contributed by atoms with Crippen molar-refractivity contribution in [1.82, 2.24) is 9.97 Å². The minimum absolute atomic E-state index is 0.0567. The van der Waals surface area contributed by atoms with Gasteiger partial charge < -0.3 is 15.4 Å². The third kappa shape index (κ3) is 2.79. The maximum Gasteiger partial charge on any atom is 0.242 e. The van der Waals surface area contributed by atoms with Crippen LogP contribution in [0.2, 0.25) is 0 Å². The second-order valence-electron chi connectivity index (χ2n) is 4.59. The van der Waals surface area contributed by atoms with E-state index in [9.17, 15) is 4.39 Å². The van der Waals surface area contributed by atoms with Crippen LogP contribution in [0.3, 0.4) is 0 Å². The van der Waals surface area contributed by atoms with Gasteiger partial charge in [0.05, 0.1) is 11.8 Å². The van der Waals surface area contributed by atoms with Crippen LogP contribution in [0.4, 0.5) is 21.6 Å². The molecule has 1 aromatic carbocycles. The molecule has 0 spiro atoms. The van der Waals surface area contributed by atoms with Gasteiger partial charge in [-0.05, 0) is 26.0 Å². The topological polar surface area (TPSA) is 64.3 Å². The van der Waals surface area contributed by atoms with Gasteiger partial charge in [-0.2, -0.15) is 4.98 Å². The summed E-state index contributed by atoms with van der Waals surface area (Å²) >= 11 is 0. The molecular weight excluding hydrogens is 259 g/mol. The minimum atomic E-state index is -0.348. The molecular formula is C14H17FN4O. The van der Waals surface area contributed by atoms with Crippen molar-refractivity contribution in [2.45, 2.75) is 20.0 Å². The van der Waals surface area contributed by atoms with Crippen LogP contribution in [0.5, 0.6) is 5.88 Å². The van der Waals surface area contributed by atoms with E-state index in [4.69, 9.17) is 10.5 Å². The maximum absolute atomic E-state index is 13.8.